The fourth-order valence-corrected chi connectivity index (χ4v) is 3.63. The number of fused-ring (bicyclic) bond motifs is 2. The second-order valence-electron chi connectivity index (χ2n) is 8.50. The number of benzene rings is 1. The molecule has 1 amide bonds. The summed E-state index contributed by atoms with van der Waals surface area (Å²) in [4.78, 5) is 26.3. The maximum atomic E-state index is 12.6. The molecule has 0 radical (unpaired) electrons. The second-order valence-corrected chi connectivity index (χ2v) is 8.50. The molecule has 1 atom stereocenters. The summed E-state index contributed by atoms with van der Waals surface area (Å²) in [6.07, 6.45) is 3.68. The molecule has 7 heteroatoms. The highest BCUT2D eigenvalue weighted by molar-refractivity contribution is 5.85. The molecule has 1 N–H and O–H groups in total. The van der Waals surface area contributed by atoms with E-state index in [-0.39, 0.29) is 12.1 Å². The molecule has 29 heavy (non-hydrogen) atoms. The molecule has 0 bridgehead atoms. The van der Waals surface area contributed by atoms with Gasteiger partial charge < -0.3 is 14.5 Å². The van der Waals surface area contributed by atoms with Gasteiger partial charge in [-0.3, -0.25) is 4.90 Å². The lowest BCUT2D eigenvalue weighted by atomic mass is 10.00. The first-order chi connectivity index (χ1) is 13.7. The average molecular weight is 394 g/mol. The molecular formula is C22H26N4O3. The molecular weight excluding hydrogens is 368 g/mol. The Bertz CT molecular complexity index is 1070. The minimum absolute atomic E-state index is 0.0426. The van der Waals surface area contributed by atoms with Crippen molar-refractivity contribution < 1.29 is 14.3 Å². The smallest absolute Gasteiger partial charge is 0.410 e. The number of carbonyl (C=O) groups excluding carboxylic acids is 1. The molecule has 3 heterocycles. The van der Waals surface area contributed by atoms with Gasteiger partial charge in [0.15, 0.2) is 0 Å². The highest BCUT2D eigenvalue weighted by atomic mass is 16.6. The summed E-state index contributed by atoms with van der Waals surface area (Å²) in [5, 5.41) is 1.12. The van der Waals surface area contributed by atoms with E-state index in [4.69, 9.17) is 9.47 Å². The Morgan fingerprint density at radius 2 is 2.03 bits per heavy atom. The fourth-order valence-electron chi connectivity index (χ4n) is 3.63. The van der Waals surface area contributed by atoms with Gasteiger partial charge in [0.25, 0.3) is 0 Å². The predicted molar refractivity (Wildman–Crippen MR) is 110 cm³/mol. The molecule has 7 nitrogen and oxygen atoms in total. The zero-order valence-corrected chi connectivity index (χ0v) is 17.4. The summed E-state index contributed by atoms with van der Waals surface area (Å²) in [5.41, 5.74) is 3.31. The number of aryl methyl sites for hydroxylation is 1. The van der Waals surface area contributed by atoms with Crippen LogP contribution in [0.2, 0.25) is 0 Å². The Hall–Kier alpha value is -3.09. The highest BCUT2D eigenvalue weighted by Gasteiger charge is 2.33. The van der Waals surface area contributed by atoms with Gasteiger partial charge in [-0.1, -0.05) is 0 Å². The maximum Gasteiger partial charge on any atom is 0.410 e. The van der Waals surface area contributed by atoms with Crippen LogP contribution in [0.25, 0.3) is 10.9 Å². The number of hydrogen-bond acceptors (Lipinski definition) is 5. The van der Waals surface area contributed by atoms with E-state index in [0.29, 0.717) is 18.8 Å². The monoisotopic (exact) mass is 394 g/mol. The number of aromatic amines is 1. The standard InChI is InChI=1S/C22H26N4O3/c1-13-10-16-18(11-26(13)21(27)29-22(3,4)5)24-12-25-20(16)28-19-7-6-17-15(14(19)2)8-9-23-17/h6-9,12-13,23H,10-11H2,1-5H3. The predicted octanol–water partition coefficient (Wildman–Crippen LogP) is 4.74. The average Bonchev–Trinajstić information content (AvgIpc) is 3.12. The van der Waals surface area contributed by atoms with Crippen molar-refractivity contribution >= 4 is 17.0 Å². The van der Waals surface area contributed by atoms with Crippen LogP contribution < -0.4 is 4.74 Å². The van der Waals surface area contributed by atoms with Crippen LogP contribution >= 0.6 is 0 Å². The van der Waals surface area contributed by atoms with Crippen molar-refractivity contribution in [1.29, 1.82) is 0 Å². The quantitative estimate of drug-likeness (QED) is 0.679. The number of aromatic nitrogens is 3. The van der Waals surface area contributed by atoms with E-state index in [9.17, 15) is 4.79 Å². The molecule has 0 saturated carbocycles. The van der Waals surface area contributed by atoms with Crippen LogP contribution in [0.15, 0.2) is 30.7 Å². The number of carbonyl (C=O) groups is 1. The Kier molecular flexibility index (Phi) is 4.68. The zero-order valence-electron chi connectivity index (χ0n) is 17.4. The van der Waals surface area contributed by atoms with Crippen molar-refractivity contribution in [2.75, 3.05) is 0 Å². The summed E-state index contributed by atoms with van der Waals surface area (Å²) in [6.45, 7) is 10.0. The number of ether oxygens (including phenoxy) is 2. The van der Waals surface area contributed by atoms with Crippen LogP contribution in [0.5, 0.6) is 11.6 Å². The molecule has 1 aromatic carbocycles. The third-order valence-electron chi connectivity index (χ3n) is 5.14. The molecule has 0 saturated heterocycles. The minimum Gasteiger partial charge on any atom is -0.444 e. The fraction of sp³-hybridized carbons (Fsp3) is 0.409. The maximum absolute atomic E-state index is 12.6. The number of nitrogens with one attached hydrogen (secondary N) is 1. The Morgan fingerprint density at radius 3 is 2.79 bits per heavy atom. The van der Waals surface area contributed by atoms with Gasteiger partial charge in [-0.2, -0.15) is 0 Å². The van der Waals surface area contributed by atoms with Crippen molar-refractivity contribution in [3.8, 4) is 11.6 Å². The number of rotatable bonds is 2. The highest BCUT2D eigenvalue weighted by Crippen LogP contribution is 2.34. The van der Waals surface area contributed by atoms with Gasteiger partial charge in [-0.25, -0.2) is 14.8 Å². The van der Waals surface area contributed by atoms with Gasteiger partial charge >= 0.3 is 6.09 Å². The van der Waals surface area contributed by atoms with E-state index in [0.717, 1.165) is 33.5 Å². The number of H-pyrrole nitrogens is 1. The van der Waals surface area contributed by atoms with E-state index in [1.165, 1.54) is 6.33 Å². The largest absolute Gasteiger partial charge is 0.444 e. The van der Waals surface area contributed by atoms with E-state index in [2.05, 4.69) is 15.0 Å². The first-order valence-corrected chi connectivity index (χ1v) is 9.80. The molecule has 0 fully saturated rings. The van der Waals surface area contributed by atoms with Gasteiger partial charge in [-0.05, 0) is 59.2 Å². The molecule has 1 aliphatic rings. The first kappa shape index (κ1) is 19.2. The lowest BCUT2D eigenvalue weighted by Crippen LogP contribution is -2.45. The number of amides is 1. The van der Waals surface area contributed by atoms with Gasteiger partial charge in [-0.15, -0.1) is 0 Å². The summed E-state index contributed by atoms with van der Waals surface area (Å²) < 4.78 is 11.8. The third kappa shape index (κ3) is 3.77. The van der Waals surface area contributed by atoms with Crippen LogP contribution in [-0.4, -0.2) is 37.6 Å². The van der Waals surface area contributed by atoms with Crippen molar-refractivity contribution in [2.45, 2.75) is 59.2 Å². The molecule has 152 valence electrons. The van der Waals surface area contributed by atoms with E-state index < -0.39 is 5.60 Å². The molecule has 4 rings (SSSR count). The molecule has 2 aromatic heterocycles. The number of nitrogens with zero attached hydrogens (tertiary/aromatic N) is 3. The molecule has 0 aliphatic carbocycles. The summed E-state index contributed by atoms with van der Waals surface area (Å²) in [5.74, 6) is 1.31. The Balaban J connectivity index is 1.62. The lowest BCUT2D eigenvalue weighted by Gasteiger charge is -2.35. The van der Waals surface area contributed by atoms with E-state index in [1.54, 1.807) is 4.90 Å². The lowest BCUT2D eigenvalue weighted by molar-refractivity contribution is 0.0133. The Morgan fingerprint density at radius 1 is 1.24 bits per heavy atom. The molecule has 1 aliphatic heterocycles. The molecule has 3 aromatic rings. The van der Waals surface area contributed by atoms with Crippen LogP contribution in [-0.2, 0) is 17.7 Å². The SMILES string of the molecule is Cc1c(Oc2ncnc3c2CC(C)N(C(=O)OC(C)(C)C)C3)ccc2[nH]ccc12. The summed E-state index contributed by atoms with van der Waals surface area (Å²) in [7, 11) is 0. The van der Waals surface area contributed by atoms with Crippen molar-refractivity contribution in [3.05, 3.63) is 47.5 Å². The van der Waals surface area contributed by atoms with Crippen LogP contribution in [0, 0.1) is 6.92 Å². The zero-order chi connectivity index (χ0) is 20.8. The van der Waals surface area contributed by atoms with Crippen molar-refractivity contribution in [1.82, 2.24) is 19.9 Å². The van der Waals surface area contributed by atoms with Crippen LogP contribution in [0.4, 0.5) is 4.79 Å². The minimum atomic E-state index is -0.536. The third-order valence-corrected chi connectivity index (χ3v) is 5.14. The van der Waals surface area contributed by atoms with Gasteiger partial charge in [0.1, 0.15) is 17.7 Å². The van der Waals surface area contributed by atoms with Crippen molar-refractivity contribution in [2.24, 2.45) is 0 Å². The number of hydrogen-bond donors (Lipinski definition) is 1. The van der Waals surface area contributed by atoms with Gasteiger partial charge in [0.05, 0.1) is 12.2 Å². The van der Waals surface area contributed by atoms with Gasteiger partial charge in [0, 0.05) is 34.3 Å². The van der Waals surface area contributed by atoms with Crippen molar-refractivity contribution in [3.63, 3.8) is 0 Å². The normalized spacial score (nSPS) is 16.6. The molecule has 1 unspecified atom stereocenters. The van der Waals surface area contributed by atoms with Gasteiger partial charge in [0.2, 0.25) is 5.88 Å². The Labute approximate surface area is 170 Å². The second kappa shape index (κ2) is 7.06. The first-order valence-electron chi connectivity index (χ1n) is 9.80. The topological polar surface area (TPSA) is 80.3 Å². The summed E-state index contributed by atoms with van der Waals surface area (Å²) >= 11 is 0. The van der Waals surface area contributed by atoms with E-state index in [1.807, 2.05) is 59.0 Å². The molecule has 0 spiro atoms. The van der Waals surface area contributed by atoms with Crippen LogP contribution in [0.3, 0.4) is 0 Å². The summed E-state index contributed by atoms with van der Waals surface area (Å²) in [6, 6.07) is 5.94. The van der Waals surface area contributed by atoms with E-state index >= 15 is 0 Å². The van der Waals surface area contributed by atoms with Crippen LogP contribution in [0.1, 0.15) is 44.5 Å².